The van der Waals surface area contributed by atoms with Gasteiger partial charge >= 0.3 is 6.03 Å². The maximum Gasteiger partial charge on any atom is 0.344 e. The summed E-state index contributed by atoms with van der Waals surface area (Å²) in [6, 6.07) is 7.73. The van der Waals surface area contributed by atoms with Crippen molar-refractivity contribution in [1.29, 1.82) is 0 Å². The van der Waals surface area contributed by atoms with E-state index in [0.717, 1.165) is 49.5 Å². The number of piperidine rings is 1. The summed E-state index contributed by atoms with van der Waals surface area (Å²) in [5.41, 5.74) is 2.83. The van der Waals surface area contributed by atoms with Crippen molar-refractivity contribution in [2.75, 3.05) is 26.2 Å². The maximum atomic E-state index is 12.4. The molecule has 31 heavy (non-hydrogen) atoms. The number of hydrazine groups is 1. The molecule has 2 heterocycles. The van der Waals surface area contributed by atoms with Crippen LogP contribution >= 0.6 is 0 Å². The third-order valence-corrected chi connectivity index (χ3v) is 6.35. The molecule has 0 aliphatic carbocycles. The minimum atomic E-state index is -0.952. The highest BCUT2D eigenvalue weighted by atomic mass is 16.5. The second-order valence-electron chi connectivity index (χ2n) is 8.63. The van der Waals surface area contributed by atoms with Crippen molar-refractivity contribution in [3.8, 4) is 5.75 Å². The zero-order valence-corrected chi connectivity index (χ0v) is 18.8. The molecule has 8 nitrogen and oxygen atoms in total. The summed E-state index contributed by atoms with van der Waals surface area (Å²) in [6.07, 6.45) is 4.73. The molecule has 0 spiro atoms. The first kappa shape index (κ1) is 23.1. The van der Waals surface area contributed by atoms with Crippen LogP contribution in [0.3, 0.4) is 0 Å². The van der Waals surface area contributed by atoms with Gasteiger partial charge in [0.15, 0.2) is 0 Å². The van der Waals surface area contributed by atoms with Crippen LogP contribution < -0.4 is 15.5 Å². The molecule has 1 aromatic rings. The molecule has 0 aromatic heterocycles. The van der Waals surface area contributed by atoms with Gasteiger partial charge in [0.05, 0.1) is 13.2 Å². The minimum Gasteiger partial charge on any atom is -0.494 e. The van der Waals surface area contributed by atoms with Crippen molar-refractivity contribution in [3.63, 3.8) is 0 Å². The van der Waals surface area contributed by atoms with Crippen molar-refractivity contribution in [2.45, 2.75) is 58.4 Å². The van der Waals surface area contributed by atoms with Crippen molar-refractivity contribution >= 4 is 17.8 Å². The molecular formula is C23H34N4O4. The number of aryl methyl sites for hydroxylation is 1. The molecule has 0 saturated carbocycles. The largest absolute Gasteiger partial charge is 0.494 e. The topological polar surface area (TPSA) is 91.0 Å². The van der Waals surface area contributed by atoms with Crippen LogP contribution in [-0.4, -0.2) is 59.5 Å². The second kappa shape index (κ2) is 10.1. The number of nitrogens with one attached hydrogen (secondary N) is 2. The Balaban J connectivity index is 1.38. The van der Waals surface area contributed by atoms with Crippen LogP contribution in [0.2, 0.25) is 0 Å². The van der Waals surface area contributed by atoms with Gasteiger partial charge < -0.3 is 10.1 Å². The highest BCUT2D eigenvalue weighted by Gasteiger charge is 2.47. The van der Waals surface area contributed by atoms with E-state index < -0.39 is 17.5 Å². The molecule has 1 aromatic carbocycles. The Kier molecular flexibility index (Phi) is 7.54. The van der Waals surface area contributed by atoms with Gasteiger partial charge in [-0.25, -0.2) is 4.79 Å². The standard InChI is InChI=1S/C23H34N4O4/c1-4-23(3)21(29)27(22(30)24-23)25-20(28)16-26-14-12-18(13-15-26)7-6-17-8-10-19(11-9-17)31-5-2/h8-11,18H,4-7,12-16H2,1-3H3,(H,24,30)(H,25,28). The van der Waals surface area contributed by atoms with E-state index in [9.17, 15) is 14.4 Å². The molecule has 2 N–H and O–H groups in total. The second-order valence-corrected chi connectivity index (χ2v) is 8.63. The van der Waals surface area contributed by atoms with Crippen LogP contribution in [-0.2, 0) is 16.0 Å². The predicted octanol–water partition coefficient (Wildman–Crippen LogP) is 2.48. The molecule has 0 bridgehead atoms. The summed E-state index contributed by atoms with van der Waals surface area (Å²) in [5.74, 6) is 0.797. The molecule has 2 aliphatic heterocycles. The summed E-state index contributed by atoms with van der Waals surface area (Å²) in [4.78, 5) is 38.9. The highest BCUT2D eigenvalue weighted by molar-refractivity contribution is 6.07. The molecule has 1 unspecified atom stereocenters. The third kappa shape index (κ3) is 5.76. The van der Waals surface area contributed by atoms with E-state index in [1.165, 1.54) is 5.56 Å². The van der Waals surface area contributed by atoms with Gasteiger partial charge in [0.1, 0.15) is 11.3 Å². The molecule has 4 amide bonds. The lowest BCUT2D eigenvalue weighted by atomic mass is 9.90. The molecule has 3 rings (SSSR count). The summed E-state index contributed by atoms with van der Waals surface area (Å²) in [7, 11) is 0. The summed E-state index contributed by atoms with van der Waals surface area (Å²) < 4.78 is 5.49. The van der Waals surface area contributed by atoms with Crippen molar-refractivity contribution in [1.82, 2.24) is 20.7 Å². The molecular weight excluding hydrogens is 396 g/mol. The number of hydrogen-bond donors (Lipinski definition) is 2. The zero-order chi connectivity index (χ0) is 22.4. The number of benzene rings is 1. The average Bonchev–Trinajstić information content (AvgIpc) is 2.98. The summed E-state index contributed by atoms with van der Waals surface area (Å²) in [6.45, 7) is 8.01. The number of hydrogen-bond acceptors (Lipinski definition) is 5. The van der Waals surface area contributed by atoms with Gasteiger partial charge in [0.25, 0.3) is 11.8 Å². The van der Waals surface area contributed by atoms with Crippen molar-refractivity contribution in [2.24, 2.45) is 5.92 Å². The Morgan fingerprint density at radius 1 is 1.19 bits per heavy atom. The van der Waals surface area contributed by atoms with Gasteiger partial charge in [0, 0.05) is 0 Å². The van der Waals surface area contributed by atoms with Crippen LogP contribution in [0.15, 0.2) is 24.3 Å². The zero-order valence-electron chi connectivity index (χ0n) is 18.8. The molecule has 2 saturated heterocycles. The Hall–Kier alpha value is -2.61. The van der Waals surface area contributed by atoms with Crippen molar-refractivity contribution in [3.05, 3.63) is 29.8 Å². The first-order valence-corrected chi connectivity index (χ1v) is 11.2. The van der Waals surface area contributed by atoms with Crippen LogP contribution in [0, 0.1) is 5.92 Å². The number of likely N-dealkylation sites (tertiary alicyclic amines) is 1. The van der Waals surface area contributed by atoms with E-state index in [-0.39, 0.29) is 12.5 Å². The molecule has 8 heteroatoms. The van der Waals surface area contributed by atoms with Gasteiger partial charge in [0.2, 0.25) is 0 Å². The number of ether oxygens (including phenoxy) is 1. The van der Waals surface area contributed by atoms with E-state index >= 15 is 0 Å². The lowest BCUT2D eigenvalue weighted by Crippen LogP contribution is -2.51. The minimum absolute atomic E-state index is 0.186. The van der Waals surface area contributed by atoms with Crippen LogP contribution in [0.4, 0.5) is 4.79 Å². The smallest absolute Gasteiger partial charge is 0.344 e. The van der Waals surface area contributed by atoms with Gasteiger partial charge in [-0.2, -0.15) is 5.01 Å². The number of amides is 4. The van der Waals surface area contributed by atoms with Crippen LogP contribution in [0.5, 0.6) is 5.75 Å². The molecule has 2 fully saturated rings. The summed E-state index contributed by atoms with van der Waals surface area (Å²) in [5, 5.41) is 3.45. The maximum absolute atomic E-state index is 12.4. The van der Waals surface area contributed by atoms with Crippen LogP contribution in [0.25, 0.3) is 0 Å². The fourth-order valence-corrected chi connectivity index (χ4v) is 4.11. The average molecular weight is 431 g/mol. The highest BCUT2D eigenvalue weighted by Crippen LogP contribution is 2.23. The van der Waals surface area contributed by atoms with Gasteiger partial charge in [-0.05, 0) is 82.7 Å². The lowest BCUT2D eigenvalue weighted by Gasteiger charge is -2.31. The molecule has 170 valence electrons. The Labute approximate surface area is 184 Å². The first-order valence-electron chi connectivity index (χ1n) is 11.2. The van der Waals surface area contributed by atoms with Crippen molar-refractivity contribution < 1.29 is 19.1 Å². The number of nitrogens with zero attached hydrogens (tertiary/aromatic N) is 2. The third-order valence-electron chi connectivity index (χ3n) is 6.35. The fraction of sp³-hybridized carbons (Fsp3) is 0.609. The molecule has 0 radical (unpaired) electrons. The van der Waals surface area contributed by atoms with Gasteiger partial charge in [-0.15, -0.1) is 0 Å². The summed E-state index contributed by atoms with van der Waals surface area (Å²) >= 11 is 0. The van der Waals surface area contributed by atoms with Crippen LogP contribution in [0.1, 0.15) is 52.0 Å². The number of carbonyl (C=O) groups is 3. The Morgan fingerprint density at radius 3 is 2.45 bits per heavy atom. The van der Waals surface area contributed by atoms with E-state index in [1.54, 1.807) is 6.92 Å². The lowest BCUT2D eigenvalue weighted by molar-refractivity contribution is -0.139. The number of urea groups is 1. The SMILES string of the molecule is CCOc1ccc(CCC2CCN(CC(=O)NN3C(=O)NC(C)(CC)C3=O)CC2)cc1. The molecule has 1 atom stereocenters. The normalized spacial score (nSPS) is 22.5. The number of rotatable bonds is 9. The van der Waals surface area contributed by atoms with Gasteiger partial charge in [-0.3, -0.25) is 19.9 Å². The fourth-order valence-electron chi connectivity index (χ4n) is 4.11. The van der Waals surface area contributed by atoms with E-state index in [1.807, 2.05) is 26.0 Å². The van der Waals surface area contributed by atoms with Gasteiger partial charge in [-0.1, -0.05) is 19.1 Å². The first-order chi connectivity index (χ1) is 14.8. The monoisotopic (exact) mass is 430 g/mol. The number of carbonyl (C=O) groups excluding carboxylic acids is 3. The van der Waals surface area contributed by atoms with E-state index in [2.05, 4.69) is 27.8 Å². The Morgan fingerprint density at radius 2 is 1.87 bits per heavy atom. The predicted molar refractivity (Wildman–Crippen MR) is 117 cm³/mol. The quantitative estimate of drug-likeness (QED) is 0.588. The number of imide groups is 1. The molecule has 2 aliphatic rings. The van der Waals surface area contributed by atoms with E-state index in [4.69, 9.17) is 4.74 Å². The van der Waals surface area contributed by atoms with E-state index in [0.29, 0.717) is 18.9 Å². The Bertz CT molecular complexity index is 789.